The number of hydrogen-bond acceptors (Lipinski definition) is 1. The molecule has 1 amide bonds. The molecule has 0 spiro atoms. The molecule has 2 nitrogen and oxygen atoms in total. The van der Waals surface area contributed by atoms with Gasteiger partial charge in [0.15, 0.2) is 0 Å². The van der Waals surface area contributed by atoms with Crippen LogP contribution in [-0.2, 0) is 4.79 Å². The predicted octanol–water partition coefficient (Wildman–Crippen LogP) is 3.74. The summed E-state index contributed by atoms with van der Waals surface area (Å²) in [5.41, 5.74) is 2.06. The molecule has 0 aliphatic heterocycles. The molecule has 1 saturated carbocycles. The Hall–Kier alpha value is -1.57. The van der Waals surface area contributed by atoms with Crippen LogP contribution in [0.3, 0.4) is 0 Å². The van der Waals surface area contributed by atoms with Gasteiger partial charge in [0.2, 0.25) is 5.91 Å². The van der Waals surface area contributed by atoms with E-state index >= 15 is 0 Å². The monoisotopic (exact) mass is 243 g/mol. The predicted molar refractivity (Wildman–Crippen MR) is 74.8 cm³/mol. The first-order valence-electron chi connectivity index (χ1n) is 6.80. The average Bonchev–Trinajstić information content (AvgIpc) is 2.40. The van der Waals surface area contributed by atoms with Crippen LogP contribution in [0.4, 0.5) is 0 Å². The van der Waals surface area contributed by atoms with Crippen molar-refractivity contribution in [3.63, 3.8) is 0 Å². The standard InChI is InChI=1S/C16H21NO/c1-13(18)17-16(15-10-6-3-7-11-15)12-14-8-4-2-5-9-14/h3,6-7,10-12,14H,2,4-5,8-9H2,1H3,(H,17,18)/b16-12+. The van der Waals surface area contributed by atoms with Crippen molar-refractivity contribution in [2.24, 2.45) is 5.92 Å². The molecule has 0 aromatic heterocycles. The van der Waals surface area contributed by atoms with E-state index in [0.29, 0.717) is 5.92 Å². The number of allylic oxidation sites excluding steroid dienone is 1. The summed E-state index contributed by atoms with van der Waals surface area (Å²) in [5.74, 6) is 0.613. The average molecular weight is 243 g/mol. The maximum atomic E-state index is 11.3. The van der Waals surface area contributed by atoms with Crippen LogP contribution >= 0.6 is 0 Å². The van der Waals surface area contributed by atoms with Gasteiger partial charge in [-0.25, -0.2) is 0 Å². The van der Waals surface area contributed by atoms with Gasteiger partial charge in [-0.1, -0.05) is 55.7 Å². The zero-order chi connectivity index (χ0) is 12.8. The summed E-state index contributed by atoms with van der Waals surface area (Å²) in [6, 6.07) is 10.1. The molecule has 0 saturated heterocycles. The van der Waals surface area contributed by atoms with Crippen molar-refractivity contribution in [1.82, 2.24) is 5.32 Å². The minimum Gasteiger partial charge on any atom is -0.326 e. The molecule has 1 aromatic carbocycles. The molecule has 1 N–H and O–H groups in total. The van der Waals surface area contributed by atoms with Crippen molar-refractivity contribution < 1.29 is 4.79 Å². The normalized spacial score (nSPS) is 17.5. The van der Waals surface area contributed by atoms with Crippen LogP contribution in [0, 0.1) is 5.92 Å². The van der Waals surface area contributed by atoms with Gasteiger partial charge in [-0.3, -0.25) is 4.79 Å². The second-order valence-corrected chi connectivity index (χ2v) is 5.03. The van der Waals surface area contributed by atoms with Crippen molar-refractivity contribution in [2.45, 2.75) is 39.0 Å². The second-order valence-electron chi connectivity index (χ2n) is 5.03. The van der Waals surface area contributed by atoms with Crippen LogP contribution in [0.5, 0.6) is 0 Å². The summed E-state index contributed by atoms with van der Waals surface area (Å²) in [7, 11) is 0. The quantitative estimate of drug-likeness (QED) is 0.860. The fourth-order valence-corrected chi connectivity index (χ4v) is 2.55. The molecule has 96 valence electrons. The summed E-state index contributed by atoms with van der Waals surface area (Å²) in [5, 5.41) is 2.97. The zero-order valence-corrected chi connectivity index (χ0v) is 11.0. The Morgan fingerprint density at radius 3 is 2.44 bits per heavy atom. The molecule has 0 unspecified atom stereocenters. The van der Waals surface area contributed by atoms with Gasteiger partial charge in [0.25, 0.3) is 0 Å². The number of nitrogens with one attached hydrogen (secondary N) is 1. The first-order chi connectivity index (χ1) is 8.75. The molecule has 0 heterocycles. The van der Waals surface area contributed by atoms with Gasteiger partial charge in [0.05, 0.1) is 0 Å². The highest BCUT2D eigenvalue weighted by Crippen LogP contribution is 2.27. The lowest BCUT2D eigenvalue weighted by atomic mass is 9.88. The van der Waals surface area contributed by atoms with Crippen molar-refractivity contribution in [2.75, 3.05) is 0 Å². The lowest BCUT2D eigenvalue weighted by molar-refractivity contribution is -0.117. The number of amides is 1. The topological polar surface area (TPSA) is 29.1 Å². The maximum absolute atomic E-state index is 11.3. The molecule has 1 aliphatic rings. The van der Waals surface area contributed by atoms with Crippen LogP contribution in [0.1, 0.15) is 44.6 Å². The van der Waals surface area contributed by atoms with Crippen LogP contribution in [0.2, 0.25) is 0 Å². The SMILES string of the molecule is CC(=O)N/C(=C/C1CCCCC1)c1ccccc1. The summed E-state index contributed by atoms with van der Waals surface area (Å²) >= 11 is 0. The molecular weight excluding hydrogens is 222 g/mol. The van der Waals surface area contributed by atoms with E-state index in [1.54, 1.807) is 6.92 Å². The molecule has 18 heavy (non-hydrogen) atoms. The van der Waals surface area contributed by atoms with Crippen molar-refractivity contribution >= 4 is 11.6 Å². The Labute approximate surface area is 109 Å². The van der Waals surface area contributed by atoms with Crippen LogP contribution < -0.4 is 5.32 Å². The Morgan fingerprint density at radius 1 is 1.17 bits per heavy atom. The summed E-state index contributed by atoms with van der Waals surface area (Å²) in [4.78, 5) is 11.3. The Balaban J connectivity index is 2.18. The number of rotatable bonds is 3. The van der Waals surface area contributed by atoms with Crippen molar-refractivity contribution in [3.05, 3.63) is 42.0 Å². The van der Waals surface area contributed by atoms with Crippen LogP contribution in [0.25, 0.3) is 5.70 Å². The number of hydrogen-bond donors (Lipinski definition) is 1. The van der Waals surface area contributed by atoms with Gasteiger partial charge in [-0.05, 0) is 24.3 Å². The van der Waals surface area contributed by atoms with Gasteiger partial charge >= 0.3 is 0 Å². The van der Waals surface area contributed by atoms with Crippen LogP contribution in [-0.4, -0.2) is 5.91 Å². The van der Waals surface area contributed by atoms with Crippen molar-refractivity contribution in [1.29, 1.82) is 0 Å². The van der Waals surface area contributed by atoms with E-state index in [4.69, 9.17) is 0 Å². The fraction of sp³-hybridized carbons (Fsp3) is 0.438. The van der Waals surface area contributed by atoms with Gasteiger partial charge in [-0.2, -0.15) is 0 Å². The minimum absolute atomic E-state index is 0.000845. The highest BCUT2D eigenvalue weighted by molar-refractivity contribution is 5.84. The molecule has 2 heteroatoms. The lowest BCUT2D eigenvalue weighted by Crippen LogP contribution is -2.19. The van der Waals surface area contributed by atoms with Gasteiger partial charge < -0.3 is 5.32 Å². The molecule has 2 rings (SSSR count). The molecule has 1 aliphatic carbocycles. The molecule has 1 fully saturated rings. The minimum atomic E-state index is 0.000845. The third-order valence-electron chi connectivity index (χ3n) is 3.45. The Bertz CT molecular complexity index is 416. The smallest absolute Gasteiger partial charge is 0.221 e. The maximum Gasteiger partial charge on any atom is 0.221 e. The van der Waals surface area contributed by atoms with E-state index in [1.165, 1.54) is 32.1 Å². The van der Waals surface area contributed by atoms with E-state index in [1.807, 2.05) is 30.3 Å². The van der Waals surface area contributed by atoms with E-state index in [-0.39, 0.29) is 5.91 Å². The lowest BCUT2D eigenvalue weighted by Gasteiger charge is -2.20. The first kappa shape index (κ1) is 12.9. The first-order valence-corrected chi connectivity index (χ1v) is 6.80. The van der Waals surface area contributed by atoms with E-state index in [0.717, 1.165) is 11.3 Å². The molecular formula is C16H21NO. The second kappa shape index (κ2) is 6.39. The summed E-state index contributed by atoms with van der Waals surface area (Å²) < 4.78 is 0. The number of benzene rings is 1. The van der Waals surface area contributed by atoms with Gasteiger partial charge in [0, 0.05) is 12.6 Å². The van der Waals surface area contributed by atoms with Crippen molar-refractivity contribution in [3.8, 4) is 0 Å². The number of carbonyl (C=O) groups is 1. The Morgan fingerprint density at radius 2 is 1.83 bits per heavy atom. The largest absolute Gasteiger partial charge is 0.326 e. The Kier molecular flexibility index (Phi) is 4.57. The van der Waals surface area contributed by atoms with E-state index < -0.39 is 0 Å². The van der Waals surface area contributed by atoms with E-state index in [2.05, 4.69) is 11.4 Å². The van der Waals surface area contributed by atoms with Gasteiger partial charge in [-0.15, -0.1) is 0 Å². The molecule has 0 radical (unpaired) electrons. The fourth-order valence-electron chi connectivity index (χ4n) is 2.55. The highest BCUT2D eigenvalue weighted by atomic mass is 16.1. The van der Waals surface area contributed by atoms with Crippen LogP contribution in [0.15, 0.2) is 36.4 Å². The molecule has 0 bridgehead atoms. The number of carbonyl (C=O) groups excluding carboxylic acids is 1. The summed E-state index contributed by atoms with van der Waals surface area (Å²) in [6.45, 7) is 1.57. The highest BCUT2D eigenvalue weighted by Gasteiger charge is 2.13. The zero-order valence-electron chi connectivity index (χ0n) is 11.0. The van der Waals surface area contributed by atoms with E-state index in [9.17, 15) is 4.79 Å². The summed E-state index contributed by atoms with van der Waals surface area (Å²) in [6.07, 6.45) is 8.71. The van der Waals surface area contributed by atoms with Gasteiger partial charge in [0.1, 0.15) is 0 Å². The molecule has 1 aromatic rings. The molecule has 0 atom stereocenters. The third kappa shape index (κ3) is 3.73. The third-order valence-corrected chi connectivity index (χ3v) is 3.45.